The van der Waals surface area contributed by atoms with Crippen molar-refractivity contribution >= 4 is 23.8 Å². The number of carbonyl (C=O) groups excluding carboxylic acids is 4. The number of ether oxygens (including phenoxy) is 1. The Labute approximate surface area is 220 Å². The maximum absolute atomic E-state index is 14.0. The summed E-state index contributed by atoms with van der Waals surface area (Å²) in [4.78, 5) is 53.4. The van der Waals surface area contributed by atoms with E-state index in [0.717, 1.165) is 19.3 Å². The van der Waals surface area contributed by atoms with Crippen molar-refractivity contribution in [2.45, 2.75) is 97.4 Å². The summed E-state index contributed by atoms with van der Waals surface area (Å²) in [7, 11) is 0. The van der Waals surface area contributed by atoms with Crippen molar-refractivity contribution < 1.29 is 23.9 Å². The van der Waals surface area contributed by atoms with Crippen molar-refractivity contribution in [2.75, 3.05) is 6.54 Å². The number of hydrogen-bond acceptors (Lipinski definition) is 5. The van der Waals surface area contributed by atoms with Gasteiger partial charge in [-0.25, -0.2) is 4.79 Å². The van der Waals surface area contributed by atoms with Crippen LogP contribution in [0, 0.1) is 12.3 Å². The Balaban J connectivity index is 3.56. The number of benzene rings is 1. The number of unbranched alkanes of at least 4 members (excludes halogenated alkanes) is 2. The first-order valence-electron chi connectivity index (χ1n) is 12.8. The average molecular weight is 515 g/mol. The van der Waals surface area contributed by atoms with E-state index in [0.29, 0.717) is 24.1 Å². The second-order valence-corrected chi connectivity index (χ2v) is 10.0. The topological polar surface area (TPSA) is 131 Å². The minimum atomic E-state index is -1.34. The number of primary amides is 1. The summed E-state index contributed by atoms with van der Waals surface area (Å²) in [6.45, 7) is 11.2. The fourth-order valence-electron chi connectivity index (χ4n) is 3.79. The molecule has 1 aromatic rings. The van der Waals surface area contributed by atoms with Gasteiger partial charge in [-0.05, 0) is 52.2 Å². The third-order valence-corrected chi connectivity index (χ3v) is 5.73. The van der Waals surface area contributed by atoms with Gasteiger partial charge in [-0.2, -0.15) is 0 Å². The predicted octanol–water partition coefficient (Wildman–Crippen LogP) is 3.41. The standard InChI is InChI=1S/C28H42N4O5/c1-8-11-14-17-30-25(34)24(21-16-13-12-15-20(21)10-3)32(19(4)9-2)26(35)22(18-23(29)33)31-27(36)37-28(5,6)7/h3,12-13,15-16,19,22,24H,8-9,11,14,17-18H2,1-2,4-7H3,(H2,29,33)(H,30,34)(H,31,36). The van der Waals surface area contributed by atoms with Crippen LogP contribution in [-0.2, 0) is 19.1 Å². The van der Waals surface area contributed by atoms with Gasteiger partial charge < -0.3 is 26.0 Å². The van der Waals surface area contributed by atoms with Crippen LogP contribution >= 0.6 is 0 Å². The van der Waals surface area contributed by atoms with Crippen LogP contribution in [0.1, 0.15) is 90.8 Å². The molecule has 3 atom stereocenters. The number of terminal acetylenes is 1. The van der Waals surface area contributed by atoms with Gasteiger partial charge in [0.2, 0.25) is 17.7 Å². The normalized spacial score (nSPS) is 13.4. The van der Waals surface area contributed by atoms with E-state index in [4.69, 9.17) is 16.9 Å². The van der Waals surface area contributed by atoms with Gasteiger partial charge in [-0.15, -0.1) is 6.42 Å². The van der Waals surface area contributed by atoms with Crippen molar-refractivity contribution in [1.29, 1.82) is 0 Å². The molecular weight excluding hydrogens is 472 g/mol. The summed E-state index contributed by atoms with van der Waals surface area (Å²) in [5.41, 5.74) is 5.53. The summed E-state index contributed by atoms with van der Waals surface area (Å²) in [6, 6.07) is 4.03. The van der Waals surface area contributed by atoms with E-state index in [-0.39, 0.29) is 0 Å². The minimum absolute atomic E-state index is 0.400. The summed E-state index contributed by atoms with van der Waals surface area (Å²) in [5.74, 6) is 0.767. The molecule has 9 nitrogen and oxygen atoms in total. The molecule has 37 heavy (non-hydrogen) atoms. The first-order valence-corrected chi connectivity index (χ1v) is 12.8. The third kappa shape index (κ3) is 10.2. The Bertz CT molecular complexity index is 980. The number of nitrogens with one attached hydrogen (secondary N) is 2. The van der Waals surface area contributed by atoms with Crippen LogP contribution in [0.4, 0.5) is 4.79 Å². The molecule has 0 saturated heterocycles. The maximum Gasteiger partial charge on any atom is 0.408 e. The maximum atomic E-state index is 14.0. The zero-order chi connectivity index (χ0) is 28.2. The number of carbonyl (C=O) groups is 4. The van der Waals surface area contributed by atoms with E-state index in [9.17, 15) is 19.2 Å². The van der Waals surface area contributed by atoms with Crippen LogP contribution in [0.15, 0.2) is 24.3 Å². The van der Waals surface area contributed by atoms with E-state index < -0.39 is 54.0 Å². The van der Waals surface area contributed by atoms with Gasteiger partial charge >= 0.3 is 6.09 Å². The monoisotopic (exact) mass is 514 g/mol. The summed E-state index contributed by atoms with van der Waals surface area (Å²) in [5, 5.41) is 5.40. The van der Waals surface area contributed by atoms with Crippen molar-refractivity contribution in [3.63, 3.8) is 0 Å². The molecule has 0 aliphatic rings. The lowest BCUT2D eigenvalue weighted by molar-refractivity contribution is -0.145. The highest BCUT2D eigenvalue weighted by atomic mass is 16.6. The quantitative estimate of drug-likeness (QED) is 0.274. The van der Waals surface area contributed by atoms with Crippen LogP contribution in [0.25, 0.3) is 0 Å². The van der Waals surface area contributed by atoms with Gasteiger partial charge in [0, 0.05) is 18.2 Å². The molecule has 0 spiro atoms. The fraction of sp³-hybridized carbons (Fsp3) is 0.571. The third-order valence-electron chi connectivity index (χ3n) is 5.73. The van der Waals surface area contributed by atoms with Gasteiger partial charge in [0.15, 0.2) is 0 Å². The van der Waals surface area contributed by atoms with Crippen LogP contribution in [0.3, 0.4) is 0 Å². The average Bonchev–Trinajstić information content (AvgIpc) is 2.82. The number of rotatable bonds is 13. The molecule has 4 amide bonds. The molecule has 0 bridgehead atoms. The smallest absolute Gasteiger partial charge is 0.408 e. The summed E-state index contributed by atoms with van der Waals surface area (Å²) >= 11 is 0. The molecular formula is C28H42N4O5. The molecule has 9 heteroatoms. The highest BCUT2D eigenvalue weighted by Gasteiger charge is 2.39. The molecule has 0 fully saturated rings. The molecule has 1 rings (SSSR count). The van der Waals surface area contributed by atoms with Crippen molar-refractivity contribution in [3.8, 4) is 12.3 Å². The Morgan fingerprint density at radius 1 is 1.14 bits per heavy atom. The Hall–Kier alpha value is -3.54. The number of amides is 4. The fourth-order valence-corrected chi connectivity index (χ4v) is 3.79. The largest absolute Gasteiger partial charge is 0.444 e. The highest BCUT2D eigenvalue weighted by Crippen LogP contribution is 2.29. The molecule has 204 valence electrons. The predicted molar refractivity (Wildman–Crippen MR) is 143 cm³/mol. The Kier molecular flexibility index (Phi) is 12.7. The molecule has 4 N–H and O–H groups in total. The molecule has 3 unspecified atom stereocenters. The molecule has 0 saturated carbocycles. The van der Waals surface area contributed by atoms with Crippen molar-refractivity contribution in [2.24, 2.45) is 5.73 Å². The van der Waals surface area contributed by atoms with E-state index >= 15 is 0 Å². The van der Waals surface area contributed by atoms with Crippen LogP contribution in [0.5, 0.6) is 0 Å². The van der Waals surface area contributed by atoms with E-state index in [1.165, 1.54) is 4.90 Å². The lowest BCUT2D eigenvalue weighted by Crippen LogP contribution is -2.56. The molecule has 0 aliphatic carbocycles. The first kappa shape index (κ1) is 31.5. The van der Waals surface area contributed by atoms with Crippen LogP contribution in [0.2, 0.25) is 0 Å². The number of nitrogens with two attached hydrogens (primary N) is 1. The van der Waals surface area contributed by atoms with Gasteiger partial charge in [-0.1, -0.05) is 50.8 Å². The highest BCUT2D eigenvalue weighted by molar-refractivity contribution is 5.95. The second-order valence-electron chi connectivity index (χ2n) is 10.0. The first-order chi connectivity index (χ1) is 17.4. The zero-order valence-corrected chi connectivity index (χ0v) is 22.9. The van der Waals surface area contributed by atoms with Gasteiger partial charge in [0.25, 0.3) is 0 Å². The Morgan fingerprint density at radius 3 is 2.32 bits per heavy atom. The lowest BCUT2D eigenvalue weighted by Gasteiger charge is -2.38. The molecule has 0 heterocycles. The van der Waals surface area contributed by atoms with E-state index in [1.54, 1.807) is 52.0 Å². The number of alkyl carbamates (subject to hydrolysis) is 1. The van der Waals surface area contributed by atoms with Crippen LogP contribution in [-0.4, -0.2) is 52.9 Å². The van der Waals surface area contributed by atoms with Crippen molar-refractivity contribution in [3.05, 3.63) is 35.4 Å². The molecule has 0 radical (unpaired) electrons. The van der Waals surface area contributed by atoms with E-state index in [1.807, 2.05) is 6.92 Å². The van der Waals surface area contributed by atoms with Crippen LogP contribution < -0.4 is 16.4 Å². The second kappa shape index (κ2) is 14.9. The van der Waals surface area contributed by atoms with Gasteiger partial charge in [0.1, 0.15) is 17.7 Å². The lowest BCUT2D eigenvalue weighted by atomic mass is 9.95. The summed E-state index contributed by atoms with van der Waals surface area (Å²) in [6.07, 6.45) is 7.62. The van der Waals surface area contributed by atoms with Gasteiger partial charge in [-0.3, -0.25) is 14.4 Å². The number of nitrogens with zero attached hydrogens (tertiary/aromatic N) is 1. The number of hydrogen-bond donors (Lipinski definition) is 3. The molecule has 1 aromatic carbocycles. The summed E-state index contributed by atoms with van der Waals surface area (Å²) < 4.78 is 5.29. The Morgan fingerprint density at radius 2 is 1.78 bits per heavy atom. The molecule has 0 aromatic heterocycles. The van der Waals surface area contributed by atoms with E-state index in [2.05, 4.69) is 23.5 Å². The van der Waals surface area contributed by atoms with Crippen molar-refractivity contribution in [1.82, 2.24) is 15.5 Å². The SMILES string of the molecule is C#Cc1ccccc1C(C(=O)NCCCCC)N(C(=O)C(CC(N)=O)NC(=O)OC(C)(C)C)C(C)CC. The zero-order valence-electron chi connectivity index (χ0n) is 22.9. The minimum Gasteiger partial charge on any atom is -0.444 e. The van der Waals surface area contributed by atoms with Gasteiger partial charge in [0.05, 0.1) is 6.42 Å². The molecule has 0 aliphatic heterocycles.